The molecule has 0 saturated carbocycles. The van der Waals surface area contributed by atoms with Crippen molar-refractivity contribution in [2.45, 2.75) is 96.6 Å². The van der Waals surface area contributed by atoms with Crippen molar-refractivity contribution in [1.82, 2.24) is 31.9 Å². The molecule has 18 nitrogen and oxygen atoms in total. The van der Waals surface area contributed by atoms with Gasteiger partial charge in [-0.15, -0.1) is 0 Å². The maximum Gasteiger partial charge on any atom is 0.328 e. The number of aliphatic hydroxyl groups is 1. The molecule has 0 fully saturated rings. The van der Waals surface area contributed by atoms with E-state index in [0.29, 0.717) is 12.0 Å². The molecule has 1 aromatic carbocycles. The summed E-state index contributed by atoms with van der Waals surface area (Å²) < 4.78 is 0. The van der Waals surface area contributed by atoms with Gasteiger partial charge in [-0.1, -0.05) is 64.4 Å². The SMILES string of the molecule is CC[C@H](C)[C@H](NC(=O)[C@H](C)NC(=O)CNC(=O)[C@H](Cc1ccccc1)NC(=O)[C@@H](N)CC(N)=O)C(=O)N[C@@H](CC(C)C)C(=O)N[C@@H](CO)C(=O)O. The molecule has 18 heteroatoms. The summed E-state index contributed by atoms with van der Waals surface area (Å²) in [6.45, 7) is 6.96. The Hall–Kier alpha value is -5.10. The van der Waals surface area contributed by atoms with Crippen LogP contribution in [0.15, 0.2) is 30.3 Å². The standard InChI is InChI=1S/C33H52N8O10/c1-6-18(4)27(32(49)39-22(12-17(2)3)31(48)40-24(16-42)33(50)51)41-28(45)19(5)37-26(44)15-36-30(47)23(13-20-10-8-7-9-11-20)38-29(46)21(34)14-25(35)43/h7-11,17-19,21-24,27,42H,6,12-16,34H2,1-5H3,(H2,35,43)(H,36,47)(H,37,44)(H,38,46)(H,39,49)(H,40,48)(H,41,45)(H,50,51)/t18-,19-,21-,22-,23-,24-,27-/m0/s1. The van der Waals surface area contributed by atoms with Gasteiger partial charge in [0.1, 0.15) is 30.2 Å². The molecule has 12 N–H and O–H groups in total. The lowest BCUT2D eigenvalue weighted by atomic mass is 9.96. The molecule has 1 aromatic rings. The lowest BCUT2D eigenvalue weighted by molar-refractivity contribution is -0.143. The highest BCUT2D eigenvalue weighted by molar-refractivity contribution is 5.96. The van der Waals surface area contributed by atoms with Crippen LogP contribution in [0.5, 0.6) is 0 Å². The second kappa shape index (κ2) is 21.9. The number of benzene rings is 1. The number of amides is 7. The minimum Gasteiger partial charge on any atom is -0.480 e. The first kappa shape index (κ1) is 43.9. The van der Waals surface area contributed by atoms with Gasteiger partial charge in [-0.25, -0.2) is 4.79 Å². The van der Waals surface area contributed by atoms with Crippen LogP contribution in [-0.4, -0.2) is 107 Å². The Bertz CT molecular complexity index is 1380. The number of primary amides is 1. The molecule has 0 spiro atoms. The third-order valence-corrected chi connectivity index (χ3v) is 7.80. The smallest absolute Gasteiger partial charge is 0.328 e. The van der Waals surface area contributed by atoms with Crippen molar-refractivity contribution in [1.29, 1.82) is 0 Å². The highest BCUT2D eigenvalue weighted by Crippen LogP contribution is 2.12. The summed E-state index contributed by atoms with van der Waals surface area (Å²) in [5.41, 5.74) is 11.5. The van der Waals surface area contributed by atoms with E-state index in [0.717, 1.165) is 0 Å². The number of aliphatic carboxylic acids is 1. The highest BCUT2D eigenvalue weighted by atomic mass is 16.4. The number of carboxylic acids is 1. The number of nitrogens with two attached hydrogens (primary N) is 2. The van der Waals surface area contributed by atoms with E-state index in [-0.39, 0.29) is 18.8 Å². The van der Waals surface area contributed by atoms with Crippen LogP contribution in [0.25, 0.3) is 0 Å². The lowest BCUT2D eigenvalue weighted by Gasteiger charge is -2.28. The first-order valence-corrected chi connectivity index (χ1v) is 16.6. The molecule has 0 aliphatic heterocycles. The van der Waals surface area contributed by atoms with Gasteiger partial charge in [0, 0.05) is 6.42 Å². The first-order valence-electron chi connectivity index (χ1n) is 16.6. The molecule has 0 aliphatic carbocycles. The van der Waals surface area contributed by atoms with E-state index in [4.69, 9.17) is 11.5 Å². The third-order valence-electron chi connectivity index (χ3n) is 7.80. The summed E-state index contributed by atoms with van der Waals surface area (Å²) >= 11 is 0. The van der Waals surface area contributed by atoms with Gasteiger partial charge in [-0.05, 0) is 30.7 Å². The molecule has 7 atom stereocenters. The fourth-order valence-corrected chi connectivity index (χ4v) is 4.70. The van der Waals surface area contributed by atoms with Crippen molar-refractivity contribution < 1.29 is 48.6 Å². The van der Waals surface area contributed by atoms with E-state index in [1.165, 1.54) is 6.92 Å². The van der Waals surface area contributed by atoms with Gasteiger partial charge in [-0.3, -0.25) is 33.6 Å². The minimum absolute atomic E-state index is 0.0302. The van der Waals surface area contributed by atoms with E-state index < -0.39 is 109 Å². The van der Waals surface area contributed by atoms with Crippen molar-refractivity contribution in [3.05, 3.63) is 35.9 Å². The largest absolute Gasteiger partial charge is 0.480 e. The van der Waals surface area contributed by atoms with Crippen LogP contribution >= 0.6 is 0 Å². The normalized spacial score (nSPS) is 15.1. The van der Waals surface area contributed by atoms with E-state index in [1.54, 1.807) is 58.0 Å². The molecule has 0 bridgehead atoms. The zero-order chi connectivity index (χ0) is 38.8. The van der Waals surface area contributed by atoms with Crippen LogP contribution < -0.4 is 43.4 Å². The van der Waals surface area contributed by atoms with Gasteiger partial charge < -0.3 is 53.6 Å². The number of carbonyl (C=O) groups excluding carboxylic acids is 7. The molecule has 0 aromatic heterocycles. The van der Waals surface area contributed by atoms with E-state index in [1.807, 2.05) is 0 Å². The topological polar surface area (TPSA) is 301 Å². The molecule has 0 aliphatic rings. The maximum absolute atomic E-state index is 13.4. The summed E-state index contributed by atoms with van der Waals surface area (Å²) in [4.78, 5) is 100. The van der Waals surface area contributed by atoms with E-state index >= 15 is 0 Å². The van der Waals surface area contributed by atoms with E-state index in [2.05, 4.69) is 31.9 Å². The molecular weight excluding hydrogens is 668 g/mol. The number of rotatable bonds is 22. The Balaban J connectivity index is 2.94. The van der Waals surface area contributed by atoms with Gasteiger partial charge in [0.2, 0.25) is 41.4 Å². The van der Waals surface area contributed by atoms with Crippen molar-refractivity contribution in [3.63, 3.8) is 0 Å². The Morgan fingerprint density at radius 2 is 1.33 bits per heavy atom. The van der Waals surface area contributed by atoms with Gasteiger partial charge in [0.25, 0.3) is 0 Å². The Morgan fingerprint density at radius 3 is 1.86 bits per heavy atom. The summed E-state index contributed by atoms with van der Waals surface area (Å²) in [6, 6.07) is 1.10. The number of nitrogens with one attached hydrogen (secondary N) is 6. The summed E-state index contributed by atoms with van der Waals surface area (Å²) in [7, 11) is 0. The average molecular weight is 721 g/mol. The van der Waals surface area contributed by atoms with Crippen molar-refractivity contribution in [2.75, 3.05) is 13.2 Å². The molecule has 284 valence electrons. The molecule has 7 amide bonds. The van der Waals surface area contributed by atoms with Crippen molar-refractivity contribution in [2.24, 2.45) is 23.3 Å². The number of carbonyl (C=O) groups is 8. The molecule has 0 saturated heterocycles. The highest BCUT2D eigenvalue weighted by Gasteiger charge is 2.33. The fraction of sp³-hybridized carbons (Fsp3) is 0.576. The molecule has 51 heavy (non-hydrogen) atoms. The number of hydrogen-bond donors (Lipinski definition) is 10. The van der Waals surface area contributed by atoms with Crippen LogP contribution in [0.2, 0.25) is 0 Å². The maximum atomic E-state index is 13.4. The molecule has 0 heterocycles. The van der Waals surface area contributed by atoms with Crippen molar-refractivity contribution >= 4 is 47.3 Å². The van der Waals surface area contributed by atoms with Gasteiger partial charge in [0.05, 0.1) is 25.6 Å². The van der Waals surface area contributed by atoms with E-state index in [9.17, 15) is 48.6 Å². The Morgan fingerprint density at radius 1 is 0.745 bits per heavy atom. The van der Waals surface area contributed by atoms with Crippen LogP contribution in [0.1, 0.15) is 59.4 Å². The average Bonchev–Trinajstić information content (AvgIpc) is 3.06. The Labute approximate surface area is 296 Å². The van der Waals surface area contributed by atoms with Crippen LogP contribution in [0.3, 0.4) is 0 Å². The van der Waals surface area contributed by atoms with Crippen LogP contribution in [0.4, 0.5) is 0 Å². The molecular formula is C33H52N8O10. The van der Waals surface area contributed by atoms with Gasteiger partial charge in [0.15, 0.2) is 0 Å². The third kappa shape index (κ3) is 16.0. The fourth-order valence-electron chi connectivity index (χ4n) is 4.70. The van der Waals surface area contributed by atoms with Crippen LogP contribution in [-0.2, 0) is 44.8 Å². The predicted molar refractivity (Wildman–Crippen MR) is 184 cm³/mol. The summed E-state index contributed by atoms with van der Waals surface area (Å²) in [5, 5.41) is 33.1. The molecule has 0 unspecified atom stereocenters. The lowest BCUT2D eigenvalue weighted by Crippen LogP contribution is -2.59. The first-order chi connectivity index (χ1) is 23.9. The molecule has 0 radical (unpaired) electrons. The summed E-state index contributed by atoms with van der Waals surface area (Å²) in [6.07, 6.45) is 0.151. The van der Waals surface area contributed by atoms with Crippen molar-refractivity contribution in [3.8, 4) is 0 Å². The predicted octanol–water partition coefficient (Wildman–Crippen LogP) is -2.84. The summed E-state index contributed by atoms with van der Waals surface area (Å²) in [5.74, 6) is -7.40. The monoisotopic (exact) mass is 720 g/mol. The second-order valence-corrected chi connectivity index (χ2v) is 12.7. The number of carboxylic acid groups (broad SMARTS) is 1. The minimum atomic E-state index is -1.58. The number of hydrogen-bond acceptors (Lipinski definition) is 10. The van der Waals surface area contributed by atoms with Gasteiger partial charge >= 0.3 is 5.97 Å². The quantitative estimate of drug-likeness (QED) is 0.0582. The molecule has 1 rings (SSSR count). The Kier molecular flexibility index (Phi) is 18.8. The number of aliphatic hydroxyl groups excluding tert-OH is 1. The second-order valence-electron chi connectivity index (χ2n) is 12.7. The zero-order valence-corrected chi connectivity index (χ0v) is 29.6. The van der Waals surface area contributed by atoms with Crippen LogP contribution in [0, 0.1) is 11.8 Å². The zero-order valence-electron chi connectivity index (χ0n) is 29.6. The van der Waals surface area contributed by atoms with Gasteiger partial charge in [-0.2, -0.15) is 0 Å².